The molecule has 1 aromatic carbocycles. The molecule has 5 heteroatoms. The van der Waals surface area contributed by atoms with Crippen LogP contribution in [-0.4, -0.2) is 7.03 Å². The first-order chi connectivity index (χ1) is 5.00. The molecule has 60 valence electrons. The van der Waals surface area contributed by atoms with Gasteiger partial charge in [0.15, 0.2) is 0 Å². The molecule has 0 aliphatic carbocycles. The molecule has 0 saturated carbocycles. The van der Waals surface area contributed by atoms with E-state index in [1.54, 1.807) is 12.1 Å². The fourth-order valence-corrected chi connectivity index (χ4v) is 2.26. The highest BCUT2D eigenvalue weighted by atomic mass is 35.7. The lowest BCUT2D eigenvalue weighted by Crippen LogP contribution is -2.30. The van der Waals surface area contributed by atoms with E-state index in [1.807, 2.05) is 0 Å². The van der Waals surface area contributed by atoms with Crippen LogP contribution in [0.25, 0.3) is 0 Å². The highest BCUT2D eigenvalue weighted by Crippen LogP contribution is 2.17. The summed E-state index contributed by atoms with van der Waals surface area (Å²) < 4.78 is 12.9. The predicted octanol–water partition coefficient (Wildman–Crippen LogP) is 2.93. The minimum atomic E-state index is -3.70. The minimum Gasteiger partial charge on any atom is -0.266 e. The van der Waals surface area contributed by atoms with Crippen molar-refractivity contribution < 1.29 is 4.11 Å². The molecule has 0 spiro atoms. The maximum absolute atomic E-state index is 12.9. The molecule has 0 aliphatic rings. The van der Waals surface area contributed by atoms with Crippen molar-refractivity contribution in [3.8, 4) is 0 Å². The van der Waals surface area contributed by atoms with Crippen LogP contribution in [0.1, 0.15) is 0 Å². The molecule has 1 aromatic rings. The van der Waals surface area contributed by atoms with Crippen molar-refractivity contribution >= 4 is 46.0 Å². The minimum absolute atomic E-state index is 0.285. The van der Waals surface area contributed by atoms with Gasteiger partial charge in [0.1, 0.15) is 0 Å². The lowest BCUT2D eigenvalue weighted by Gasteiger charge is -2.05. The van der Waals surface area contributed by atoms with E-state index in [2.05, 4.69) is 0 Å². The van der Waals surface area contributed by atoms with Gasteiger partial charge >= 0.3 is 7.03 Å². The molecule has 0 N–H and O–H groups in total. The second-order valence-corrected chi connectivity index (χ2v) is 7.72. The van der Waals surface area contributed by atoms with Gasteiger partial charge in [-0.1, -0.05) is 23.7 Å². The van der Waals surface area contributed by atoms with Gasteiger partial charge in [0.2, 0.25) is 0 Å². The topological polar surface area (TPSA) is 0 Å². The Labute approximate surface area is 79.5 Å². The number of benzene rings is 1. The van der Waals surface area contributed by atoms with E-state index in [4.69, 9.17) is 33.8 Å². The SMILES string of the molecule is F[Si](Cl)(Cl)c1cccc(Cl)c1. The molecular formula is C6H4Cl3FSi. The molecule has 0 atom stereocenters. The molecule has 0 unspecified atom stereocenters. The van der Waals surface area contributed by atoms with Gasteiger partial charge in [-0.05, 0) is 12.1 Å². The molecule has 11 heavy (non-hydrogen) atoms. The third kappa shape index (κ3) is 2.63. The zero-order valence-corrected chi connectivity index (χ0v) is 8.59. The standard InChI is InChI=1S/C6H4Cl3FSi/c7-5-2-1-3-6(4-5)11(8,9)10/h1-4H. The Morgan fingerprint density at radius 2 is 1.91 bits per heavy atom. The van der Waals surface area contributed by atoms with Crippen LogP contribution in [0, 0.1) is 0 Å². The molecule has 0 heterocycles. The lowest BCUT2D eigenvalue weighted by atomic mass is 10.4. The monoisotopic (exact) mass is 228 g/mol. The van der Waals surface area contributed by atoms with E-state index in [1.165, 1.54) is 12.1 Å². The van der Waals surface area contributed by atoms with Crippen LogP contribution in [0.4, 0.5) is 4.11 Å². The Balaban J connectivity index is 3.06. The predicted molar refractivity (Wildman–Crippen MR) is 49.7 cm³/mol. The molecule has 0 aliphatic heterocycles. The summed E-state index contributed by atoms with van der Waals surface area (Å²) in [5.41, 5.74) is 0. The summed E-state index contributed by atoms with van der Waals surface area (Å²) in [7, 11) is -3.70. The van der Waals surface area contributed by atoms with Crippen LogP contribution in [0.15, 0.2) is 24.3 Å². The largest absolute Gasteiger partial charge is 0.465 e. The van der Waals surface area contributed by atoms with E-state index >= 15 is 0 Å². The molecule has 0 saturated heterocycles. The summed E-state index contributed by atoms with van der Waals surface area (Å²) in [4.78, 5) is 0. The van der Waals surface area contributed by atoms with Crippen molar-refractivity contribution in [2.45, 2.75) is 0 Å². The highest BCUT2D eigenvalue weighted by molar-refractivity contribution is 7.47. The van der Waals surface area contributed by atoms with E-state index in [0.717, 1.165) is 0 Å². The fourth-order valence-electron chi connectivity index (χ4n) is 0.665. The van der Waals surface area contributed by atoms with Gasteiger partial charge < -0.3 is 0 Å². The zero-order chi connectivity index (χ0) is 8.48. The normalized spacial score (nSPS) is 11.6. The summed E-state index contributed by atoms with van der Waals surface area (Å²) in [6, 6.07) is 6.22. The number of hydrogen-bond acceptors (Lipinski definition) is 0. The third-order valence-corrected chi connectivity index (χ3v) is 3.66. The molecule has 0 amide bonds. The van der Waals surface area contributed by atoms with E-state index < -0.39 is 7.03 Å². The van der Waals surface area contributed by atoms with Gasteiger partial charge in [-0.3, -0.25) is 4.11 Å². The molecule has 0 fully saturated rings. The summed E-state index contributed by atoms with van der Waals surface area (Å²) >= 11 is 16.2. The Morgan fingerprint density at radius 1 is 1.27 bits per heavy atom. The van der Waals surface area contributed by atoms with Gasteiger partial charge in [0.25, 0.3) is 0 Å². The Hall–Kier alpha value is 0.237. The molecule has 1 rings (SSSR count). The smallest absolute Gasteiger partial charge is 0.266 e. The third-order valence-electron chi connectivity index (χ3n) is 1.15. The van der Waals surface area contributed by atoms with Crippen LogP contribution in [-0.2, 0) is 0 Å². The van der Waals surface area contributed by atoms with Gasteiger partial charge in [-0.15, -0.1) is 22.2 Å². The Kier molecular flexibility index (Phi) is 2.81. The van der Waals surface area contributed by atoms with Crippen LogP contribution in [0.3, 0.4) is 0 Å². The van der Waals surface area contributed by atoms with Crippen molar-refractivity contribution in [1.82, 2.24) is 0 Å². The first-order valence-corrected chi connectivity index (χ1v) is 7.11. The summed E-state index contributed by atoms with van der Waals surface area (Å²) in [6.07, 6.45) is 0. The summed E-state index contributed by atoms with van der Waals surface area (Å²) in [5.74, 6) is 0. The van der Waals surface area contributed by atoms with Crippen molar-refractivity contribution in [2.24, 2.45) is 0 Å². The Bertz CT molecular complexity index is 258. The van der Waals surface area contributed by atoms with Gasteiger partial charge in [-0.2, -0.15) is 0 Å². The lowest BCUT2D eigenvalue weighted by molar-refractivity contribution is 0.864. The number of halogens is 4. The first-order valence-electron chi connectivity index (χ1n) is 2.83. The summed E-state index contributed by atoms with van der Waals surface area (Å²) in [5, 5.41) is 0.728. The number of hydrogen-bond donors (Lipinski definition) is 0. The molecule has 0 radical (unpaired) electrons. The second kappa shape index (κ2) is 3.31. The first kappa shape index (κ1) is 9.33. The van der Waals surface area contributed by atoms with Gasteiger partial charge in [-0.25, -0.2) is 0 Å². The van der Waals surface area contributed by atoms with Crippen molar-refractivity contribution in [2.75, 3.05) is 0 Å². The van der Waals surface area contributed by atoms with Gasteiger partial charge in [0.05, 0.1) is 0 Å². The van der Waals surface area contributed by atoms with Crippen LogP contribution < -0.4 is 5.19 Å². The summed E-state index contributed by atoms with van der Waals surface area (Å²) in [6.45, 7) is 0. The average molecular weight is 230 g/mol. The Morgan fingerprint density at radius 3 is 2.27 bits per heavy atom. The molecule has 0 bridgehead atoms. The highest BCUT2D eigenvalue weighted by Gasteiger charge is 2.31. The van der Waals surface area contributed by atoms with Crippen LogP contribution in [0.5, 0.6) is 0 Å². The van der Waals surface area contributed by atoms with Gasteiger partial charge in [0, 0.05) is 10.2 Å². The van der Waals surface area contributed by atoms with Crippen LogP contribution >= 0.6 is 33.8 Å². The van der Waals surface area contributed by atoms with Crippen LogP contribution in [0.2, 0.25) is 5.02 Å². The van der Waals surface area contributed by atoms with Crippen molar-refractivity contribution in [3.05, 3.63) is 29.3 Å². The second-order valence-electron chi connectivity index (χ2n) is 2.01. The fraction of sp³-hybridized carbons (Fsp3) is 0. The molecule has 0 aromatic heterocycles. The van der Waals surface area contributed by atoms with Crippen molar-refractivity contribution in [1.29, 1.82) is 0 Å². The number of rotatable bonds is 1. The average Bonchev–Trinajstić information content (AvgIpc) is 1.86. The van der Waals surface area contributed by atoms with Crippen molar-refractivity contribution in [3.63, 3.8) is 0 Å². The van der Waals surface area contributed by atoms with E-state index in [0.29, 0.717) is 5.02 Å². The maximum atomic E-state index is 12.9. The zero-order valence-electron chi connectivity index (χ0n) is 5.32. The maximum Gasteiger partial charge on any atom is 0.465 e. The quantitative estimate of drug-likeness (QED) is 0.513. The van der Waals surface area contributed by atoms with E-state index in [-0.39, 0.29) is 5.19 Å². The molecule has 0 nitrogen and oxygen atoms in total. The van der Waals surface area contributed by atoms with E-state index in [9.17, 15) is 4.11 Å². The molecular weight excluding hydrogens is 226 g/mol.